The van der Waals surface area contributed by atoms with Crippen LogP contribution in [0.3, 0.4) is 0 Å². The Labute approximate surface area is 108 Å². The van der Waals surface area contributed by atoms with Crippen LogP contribution in [0.4, 0.5) is 0 Å². The van der Waals surface area contributed by atoms with Gasteiger partial charge in [-0.25, -0.2) is 0 Å². The lowest BCUT2D eigenvalue weighted by molar-refractivity contribution is 0.590. The van der Waals surface area contributed by atoms with E-state index in [1.165, 1.54) is 17.5 Å². The van der Waals surface area contributed by atoms with Crippen molar-refractivity contribution in [2.24, 2.45) is 0 Å². The van der Waals surface area contributed by atoms with Gasteiger partial charge >= 0.3 is 0 Å². The molecular weight excluding hydrogens is 260 g/mol. The fraction of sp³-hybridized carbons (Fsp3) is 0.467. The molecule has 0 aliphatic carbocycles. The van der Waals surface area contributed by atoms with Gasteiger partial charge in [0.2, 0.25) is 0 Å². The first-order valence-corrected chi connectivity index (χ1v) is 6.99. The molecule has 0 atom stereocenters. The van der Waals surface area contributed by atoms with E-state index in [1.807, 2.05) is 0 Å². The number of halogens is 1. The van der Waals surface area contributed by atoms with Crippen LogP contribution in [0.25, 0.3) is 6.08 Å². The Hall–Kier alpha value is -0.560. The summed E-state index contributed by atoms with van der Waals surface area (Å²) in [5.74, 6) is 0. The molecule has 0 radical (unpaired) electrons. The fourth-order valence-corrected chi connectivity index (χ4v) is 1.83. The molecule has 0 bridgehead atoms. The third kappa shape index (κ3) is 4.52. The number of hydrogen-bond donors (Lipinski definition) is 0. The first-order chi connectivity index (χ1) is 7.54. The van der Waals surface area contributed by atoms with E-state index in [1.54, 1.807) is 0 Å². The van der Waals surface area contributed by atoms with Crippen LogP contribution in [-0.4, -0.2) is 5.33 Å². The van der Waals surface area contributed by atoms with E-state index < -0.39 is 0 Å². The molecule has 0 saturated heterocycles. The lowest BCUT2D eigenvalue weighted by atomic mass is 9.87. The number of unbranched alkanes of at least 4 members (excludes halogenated alkanes) is 1. The van der Waals surface area contributed by atoms with Crippen LogP contribution in [0.15, 0.2) is 30.3 Å². The molecule has 0 nitrogen and oxygen atoms in total. The fourth-order valence-electron chi connectivity index (χ4n) is 1.51. The Balaban J connectivity index is 2.61. The van der Waals surface area contributed by atoms with Gasteiger partial charge in [-0.2, -0.15) is 0 Å². The van der Waals surface area contributed by atoms with Crippen LogP contribution in [0, 0.1) is 0 Å². The van der Waals surface area contributed by atoms with Gasteiger partial charge in [0, 0.05) is 5.33 Å². The van der Waals surface area contributed by atoms with Crippen molar-refractivity contribution in [3.05, 3.63) is 41.5 Å². The van der Waals surface area contributed by atoms with Crippen LogP contribution in [-0.2, 0) is 5.41 Å². The van der Waals surface area contributed by atoms with Gasteiger partial charge in [0.1, 0.15) is 0 Å². The molecule has 0 saturated carbocycles. The molecule has 1 aromatic rings. The van der Waals surface area contributed by atoms with Crippen LogP contribution >= 0.6 is 15.9 Å². The van der Waals surface area contributed by atoms with E-state index in [2.05, 4.69) is 73.1 Å². The quantitative estimate of drug-likeness (QED) is 0.527. The van der Waals surface area contributed by atoms with Gasteiger partial charge in [0.25, 0.3) is 0 Å². The highest BCUT2D eigenvalue weighted by atomic mass is 79.9. The van der Waals surface area contributed by atoms with Gasteiger partial charge < -0.3 is 0 Å². The molecule has 0 amide bonds. The van der Waals surface area contributed by atoms with Gasteiger partial charge in [-0.15, -0.1) is 0 Å². The minimum Gasteiger partial charge on any atom is -0.0928 e. The second kappa shape index (κ2) is 6.24. The summed E-state index contributed by atoms with van der Waals surface area (Å²) >= 11 is 3.43. The van der Waals surface area contributed by atoms with Crippen LogP contribution in [0.2, 0.25) is 0 Å². The molecule has 0 unspecified atom stereocenters. The van der Waals surface area contributed by atoms with Crippen molar-refractivity contribution in [1.82, 2.24) is 0 Å². The molecule has 1 rings (SSSR count). The molecule has 88 valence electrons. The Morgan fingerprint density at radius 2 is 1.75 bits per heavy atom. The second-order valence-corrected chi connectivity index (χ2v) is 5.90. The number of allylic oxidation sites excluding steroid dienone is 1. The van der Waals surface area contributed by atoms with Crippen LogP contribution in [0.5, 0.6) is 0 Å². The van der Waals surface area contributed by atoms with Crippen molar-refractivity contribution < 1.29 is 0 Å². The highest BCUT2D eigenvalue weighted by Crippen LogP contribution is 2.22. The Morgan fingerprint density at radius 1 is 1.12 bits per heavy atom. The molecule has 0 heterocycles. The normalized spacial score (nSPS) is 12.2. The Morgan fingerprint density at radius 3 is 2.25 bits per heavy atom. The standard InChI is InChI=1S/C15H21Br/c1-15(2,3)14-10-8-13(9-11-14)7-5-4-6-12-16/h5,7-11H,4,6,12H2,1-3H3/b7-5+. The van der Waals surface area contributed by atoms with Crippen molar-refractivity contribution >= 4 is 22.0 Å². The average molecular weight is 281 g/mol. The maximum Gasteiger partial charge on any atom is 0.00342 e. The zero-order chi connectivity index (χ0) is 12.0. The van der Waals surface area contributed by atoms with Gasteiger partial charge in [-0.3, -0.25) is 0 Å². The monoisotopic (exact) mass is 280 g/mol. The summed E-state index contributed by atoms with van der Waals surface area (Å²) in [6.07, 6.45) is 6.80. The van der Waals surface area contributed by atoms with Crippen molar-refractivity contribution in [3.63, 3.8) is 0 Å². The van der Waals surface area contributed by atoms with E-state index in [0.717, 1.165) is 11.8 Å². The number of benzene rings is 1. The lowest BCUT2D eigenvalue weighted by Gasteiger charge is -2.18. The van der Waals surface area contributed by atoms with Crippen molar-refractivity contribution in [1.29, 1.82) is 0 Å². The van der Waals surface area contributed by atoms with Crippen molar-refractivity contribution in [2.45, 2.75) is 39.0 Å². The van der Waals surface area contributed by atoms with Crippen molar-refractivity contribution in [3.8, 4) is 0 Å². The summed E-state index contributed by atoms with van der Waals surface area (Å²) in [5.41, 5.74) is 2.94. The molecule has 1 aromatic carbocycles. The summed E-state index contributed by atoms with van der Waals surface area (Å²) in [4.78, 5) is 0. The smallest absolute Gasteiger partial charge is 0.00342 e. The largest absolute Gasteiger partial charge is 0.0928 e. The molecule has 0 spiro atoms. The molecule has 0 N–H and O–H groups in total. The van der Waals surface area contributed by atoms with Crippen LogP contribution < -0.4 is 0 Å². The molecule has 0 aliphatic heterocycles. The van der Waals surface area contributed by atoms with Gasteiger partial charge in [0.05, 0.1) is 0 Å². The average Bonchev–Trinajstić information content (AvgIpc) is 2.24. The minimum absolute atomic E-state index is 0.248. The molecule has 0 fully saturated rings. The molecule has 16 heavy (non-hydrogen) atoms. The third-order valence-corrected chi connectivity index (χ3v) is 3.15. The van der Waals surface area contributed by atoms with Gasteiger partial charge in [0.15, 0.2) is 0 Å². The Bertz CT molecular complexity index is 327. The van der Waals surface area contributed by atoms with E-state index >= 15 is 0 Å². The summed E-state index contributed by atoms with van der Waals surface area (Å²) in [6.45, 7) is 6.73. The van der Waals surface area contributed by atoms with E-state index in [4.69, 9.17) is 0 Å². The van der Waals surface area contributed by atoms with Crippen molar-refractivity contribution in [2.75, 3.05) is 5.33 Å². The number of rotatable bonds is 4. The van der Waals surface area contributed by atoms with E-state index in [9.17, 15) is 0 Å². The van der Waals surface area contributed by atoms with Crippen LogP contribution in [0.1, 0.15) is 44.7 Å². The molecule has 0 aromatic heterocycles. The van der Waals surface area contributed by atoms with E-state index in [0.29, 0.717) is 0 Å². The number of alkyl halides is 1. The summed E-state index contributed by atoms with van der Waals surface area (Å²) < 4.78 is 0. The van der Waals surface area contributed by atoms with E-state index in [-0.39, 0.29) is 5.41 Å². The maximum absolute atomic E-state index is 3.43. The minimum atomic E-state index is 0.248. The van der Waals surface area contributed by atoms with Gasteiger partial charge in [-0.1, -0.05) is 73.1 Å². The topological polar surface area (TPSA) is 0 Å². The summed E-state index contributed by atoms with van der Waals surface area (Å²) in [7, 11) is 0. The predicted molar refractivity (Wildman–Crippen MR) is 77.2 cm³/mol. The molecule has 0 aliphatic rings. The second-order valence-electron chi connectivity index (χ2n) is 5.11. The Kier molecular flexibility index (Phi) is 5.27. The van der Waals surface area contributed by atoms with Gasteiger partial charge in [-0.05, 0) is 29.4 Å². The predicted octanol–water partition coefficient (Wildman–Crippen LogP) is 5.17. The maximum atomic E-state index is 3.43. The highest BCUT2D eigenvalue weighted by Gasteiger charge is 2.12. The third-order valence-electron chi connectivity index (χ3n) is 2.59. The summed E-state index contributed by atoms with van der Waals surface area (Å²) in [6, 6.07) is 8.85. The highest BCUT2D eigenvalue weighted by molar-refractivity contribution is 9.09. The zero-order valence-corrected chi connectivity index (χ0v) is 12.0. The molecule has 1 heteroatoms. The summed E-state index contributed by atoms with van der Waals surface area (Å²) in [5, 5.41) is 1.08. The first kappa shape index (κ1) is 13.5. The lowest BCUT2D eigenvalue weighted by Crippen LogP contribution is -2.10. The molecular formula is C15H21Br. The zero-order valence-electron chi connectivity index (χ0n) is 10.5. The SMILES string of the molecule is CC(C)(C)c1ccc(/C=C/CCCBr)cc1. The number of hydrogen-bond acceptors (Lipinski definition) is 0. The first-order valence-electron chi connectivity index (χ1n) is 5.87.